The van der Waals surface area contributed by atoms with Crippen LogP contribution < -0.4 is 5.32 Å². The van der Waals surface area contributed by atoms with Crippen LogP contribution in [0.2, 0.25) is 0 Å². The molecule has 0 spiro atoms. The van der Waals surface area contributed by atoms with E-state index in [1.807, 2.05) is 0 Å². The molecule has 2 aromatic heterocycles. The largest absolute Gasteiger partial charge is 0.450 e. The lowest BCUT2D eigenvalue weighted by Gasteiger charge is -2.34. The molecule has 1 saturated heterocycles. The van der Waals surface area contributed by atoms with Gasteiger partial charge in [0.05, 0.1) is 18.5 Å². The van der Waals surface area contributed by atoms with E-state index in [0.717, 1.165) is 18.5 Å². The summed E-state index contributed by atoms with van der Waals surface area (Å²) in [7, 11) is 1.68. The topological polar surface area (TPSA) is 95.5 Å². The van der Waals surface area contributed by atoms with Gasteiger partial charge >= 0.3 is 6.09 Å². The van der Waals surface area contributed by atoms with Crippen molar-refractivity contribution in [2.45, 2.75) is 25.4 Å². The van der Waals surface area contributed by atoms with Crippen LogP contribution in [-0.4, -0.2) is 48.0 Å². The number of ether oxygens (including phenoxy) is 3. The molecule has 1 aliphatic rings. The number of hydrogen-bond donors (Lipinski definition) is 1. The molecule has 23 heavy (non-hydrogen) atoms. The monoisotopic (exact) mass is 338 g/mol. The number of amides is 1. The maximum Gasteiger partial charge on any atom is 0.413 e. The summed E-state index contributed by atoms with van der Waals surface area (Å²) in [6.45, 7) is 3.30. The first-order valence-corrected chi connectivity index (χ1v) is 8.19. The van der Waals surface area contributed by atoms with Gasteiger partial charge in [-0.3, -0.25) is 5.32 Å². The molecule has 1 aliphatic heterocycles. The van der Waals surface area contributed by atoms with Gasteiger partial charge in [0.1, 0.15) is 5.60 Å². The first-order chi connectivity index (χ1) is 11.2. The highest BCUT2D eigenvalue weighted by Gasteiger charge is 2.36. The molecule has 124 valence electrons. The zero-order valence-corrected chi connectivity index (χ0v) is 13.8. The van der Waals surface area contributed by atoms with E-state index in [2.05, 4.69) is 20.3 Å². The van der Waals surface area contributed by atoms with Crippen LogP contribution in [0.4, 0.5) is 9.93 Å². The van der Waals surface area contributed by atoms with E-state index in [4.69, 9.17) is 14.2 Å². The number of rotatable bonds is 4. The first kappa shape index (κ1) is 16.0. The Morgan fingerprint density at radius 3 is 2.91 bits per heavy atom. The Morgan fingerprint density at radius 1 is 1.43 bits per heavy atom. The van der Waals surface area contributed by atoms with Crippen LogP contribution in [0.5, 0.6) is 0 Å². The summed E-state index contributed by atoms with van der Waals surface area (Å²) in [4.78, 5) is 25.3. The summed E-state index contributed by atoms with van der Waals surface area (Å²) >= 11 is 1.26. The summed E-state index contributed by atoms with van der Waals surface area (Å²) in [6.07, 6.45) is 2.61. The number of carbonyl (C=O) groups is 1. The summed E-state index contributed by atoms with van der Waals surface area (Å²) in [6, 6.07) is 0. The molecule has 0 radical (unpaired) electrons. The highest BCUT2D eigenvalue weighted by Crippen LogP contribution is 2.35. The van der Waals surface area contributed by atoms with Crippen LogP contribution in [-0.2, 0) is 19.8 Å². The SMILES string of the molecule is CCOC(=O)Nc1nc2ncc(C3(OC)CCOCC3)nc2s1. The van der Waals surface area contributed by atoms with E-state index >= 15 is 0 Å². The maximum absolute atomic E-state index is 11.5. The number of anilines is 1. The Hall–Kier alpha value is -1.84. The third kappa shape index (κ3) is 3.26. The Bertz CT molecular complexity index is 699. The molecule has 8 nitrogen and oxygen atoms in total. The second-order valence-electron chi connectivity index (χ2n) is 5.06. The summed E-state index contributed by atoms with van der Waals surface area (Å²) in [5.41, 5.74) is 0.782. The summed E-state index contributed by atoms with van der Waals surface area (Å²) in [5, 5.41) is 2.98. The number of fused-ring (bicyclic) bond motifs is 1. The summed E-state index contributed by atoms with van der Waals surface area (Å²) < 4.78 is 16.0. The van der Waals surface area contributed by atoms with Crippen molar-refractivity contribution in [3.05, 3.63) is 11.9 Å². The minimum Gasteiger partial charge on any atom is -0.450 e. The van der Waals surface area contributed by atoms with Crippen LogP contribution in [0.15, 0.2) is 6.20 Å². The lowest BCUT2D eigenvalue weighted by molar-refractivity contribution is -0.0973. The molecule has 3 heterocycles. The van der Waals surface area contributed by atoms with Crippen molar-refractivity contribution in [2.75, 3.05) is 32.2 Å². The van der Waals surface area contributed by atoms with Gasteiger partial charge in [0, 0.05) is 33.2 Å². The van der Waals surface area contributed by atoms with Crippen LogP contribution >= 0.6 is 11.3 Å². The molecule has 0 atom stereocenters. The van der Waals surface area contributed by atoms with E-state index in [0.29, 0.717) is 35.4 Å². The molecule has 0 aromatic carbocycles. The molecule has 3 rings (SSSR count). The molecule has 1 amide bonds. The minimum atomic E-state index is -0.537. The quantitative estimate of drug-likeness (QED) is 0.914. The van der Waals surface area contributed by atoms with Crippen molar-refractivity contribution in [3.63, 3.8) is 0 Å². The van der Waals surface area contributed by atoms with Gasteiger partial charge in [-0.05, 0) is 6.92 Å². The standard InChI is InChI=1S/C14H18N4O4S/c1-3-22-13(19)18-12-17-10-11(23-12)16-9(8-15-10)14(20-2)4-6-21-7-5-14/h8H,3-7H2,1-2H3,(H,15,17,18,19). The molecular formula is C14H18N4O4S. The Morgan fingerprint density at radius 2 is 2.22 bits per heavy atom. The molecular weight excluding hydrogens is 320 g/mol. The van der Waals surface area contributed by atoms with E-state index in [-0.39, 0.29) is 0 Å². The van der Waals surface area contributed by atoms with Gasteiger partial charge < -0.3 is 14.2 Å². The van der Waals surface area contributed by atoms with Gasteiger partial charge in [0.2, 0.25) is 0 Å². The first-order valence-electron chi connectivity index (χ1n) is 7.37. The molecule has 0 unspecified atom stereocenters. The number of thiazole rings is 1. The number of nitrogens with one attached hydrogen (secondary N) is 1. The fourth-order valence-corrected chi connectivity index (χ4v) is 3.30. The fraction of sp³-hybridized carbons (Fsp3) is 0.571. The second kappa shape index (κ2) is 6.73. The fourth-order valence-electron chi connectivity index (χ4n) is 2.51. The number of hydrogen-bond acceptors (Lipinski definition) is 8. The zero-order valence-electron chi connectivity index (χ0n) is 13.0. The average Bonchev–Trinajstić information content (AvgIpc) is 2.96. The third-order valence-electron chi connectivity index (χ3n) is 3.77. The highest BCUT2D eigenvalue weighted by molar-refractivity contribution is 7.21. The Labute approximate surface area is 137 Å². The van der Waals surface area contributed by atoms with Gasteiger partial charge in [-0.1, -0.05) is 11.3 Å². The van der Waals surface area contributed by atoms with Crippen molar-refractivity contribution in [3.8, 4) is 0 Å². The van der Waals surface area contributed by atoms with Gasteiger partial charge in [0.25, 0.3) is 0 Å². The van der Waals surface area contributed by atoms with E-state index in [9.17, 15) is 4.79 Å². The Kier molecular flexibility index (Phi) is 4.69. The molecule has 9 heteroatoms. The van der Waals surface area contributed by atoms with Crippen molar-refractivity contribution in [1.82, 2.24) is 15.0 Å². The molecule has 0 saturated carbocycles. The van der Waals surface area contributed by atoms with Crippen LogP contribution in [0, 0.1) is 0 Å². The van der Waals surface area contributed by atoms with Crippen LogP contribution in [0.3, 0.4) is 0 Å². The molecule has 2 aromatic rings. The van der Waals surface area contributed by atoms with Crippen molar-refractivity contribution in [1.29, 1.82) is 0 Å². The molecule has 1 N–H and O–H groups in total. The van der Waals surface area contributed by atoms with Crippen LogP contribution in [0.1, 0.15) is 25.5 Å². The summed E-state index contributed by atoms with van der Waals surface area (Å²) in [5.74, 6) is 0. The number of carbonyl (C=O) groups excluding carboxylic acids is 1. The normalized spacial score (nSPS) is 17.1. The van der Waals surface area contributed by atoms with Gasteiger partial charge in [0.15, 0.2) is 15.6 Å². The molecule has 0 aliphatic carbocycles. The Balaban J connectivity index is 1.88. The van der Waals surface area contributed by atoms with Gasteiger partial charge in [-0.15, -0.1) is 0 Å². The van der Waals surface area contributed by atoms with Crippen LogP contribution in [0.25, 0.3) is 10.5 Å². The van der Waals surface area contributed by atoms with Gasteiger partial charge in [-0.2, -0.15) is 4.98 Å². The van der Waals surface area contributed by atoms with E-state index in [1.54, 1.807) is 20.2 Å². The minimum absolute atomic E-state index is 0.301. The number of nitrogens with zero attached hydrogens (tertiary/aromatic N) is 3. The second-order valence-corrected chi connectivity index (χ2v) is 6.04. The highest BCUT2D eigenvalue weighted by atomic mass is 32.1. The molecule has 0 bridgehead atoms. The number of aromatic nitrogens is 3. The average molecular weight is 338 g/mol. The predicted octanol–water partition coefficient (Wildman–Crippen LogP) is 2.31. The van der Waals surface area contributed by atoms with Crippen molar-refractivity contribution < 1.29 is 19.0 Å². The van der Waals surface area contributed by atoms with Crippen molar-refractivity contribution >= 4 is 33.0 Å². The lowest BCUT2D eigenvalue weighted by Crippen LogP contribution is -2.36. The zero-order chi connectivity index (χ0) is 16.3. The third-order valence-corrected chi connectivity index (χ3v) is 4.62. The van der Waals surface area contributed by atoms with E-state index in [1.165, 1.54) is 11.3 Å². The maximum atomic E-state index is 11.5. The smallest absolute Gasteiger partial charge is 0.413 e. The predicted molar refractivity (Wildman–Crippen MR) is 84.6 cm³/mol. The lowest BCUT2D eigenvalue weighted by atomic mass is 9.90. The molecule has 1 fully saturated rings. The van der Waals surface area contributed by atoms with Gasteiger partial charge in [-0.25, -0.2) is 14.8 Å². The van der Waals surface area contributed by atoms with Crippen molar-refractivity contribution in [2.24, 2.45) is 0 Å². The number of methoxy groups -OCH3 is 1. The van der Waals surface area contributed by atoms with E-state index < -0.39 is 11.7 Å².